The van der Waals surface area contributed by atoms with Gasteiger partial charge in [-0.3, -0.25) is 0 Å². The van der Waals surface area contributed by atoms with Crippen LogP contribution in [0.1, 0.15) is 60.3 Å². The van der Waals surface area contributed by atoms with E-state index in [9.17, 15) is 9.59 Å². The third-order valence-corrected chi connectivity index (χ3v) is 4.34. The number of nitrogens with one attached hydrogen (secondary N) is 1. The number of aliphatic carboxylic acids is 1. The predicted molar refractivity (Wildman–Crippen MR) is 83.2 cm³/mol. The van der Waals surface area contributed by atoms with Gasteiger partial charge in [0.25, 0.3) is 0 Å². The van der Waals surface area contributed by atoms with Crippen LogP contribution in [0.5, 0.6) is 0 Å². The Hall–Kier alpha value is -1.26. The van der Waals surface area contributed by atoms with Gasteiger partial charge < -0.3 is 15.3 Å². The lowest BCUT2D eigenvalue weighted by molar-refractivity contribution is -0.141. The van der Waals surface area contributed by atoms with Crippen LogP contribution in [0.15, 0.2) is 0 Å². The molecule has 0 aromatic rings. The summed E-state index contributed by atoms with van der Waals surface area (Å²) in [5.74, 6) is -0.959. The van der Waals surface area contributed by atoms with Gasteiger partial charge in [0.15, 0.2) is 0 Å². The minimum absolute atomic E-state index is 0.102. The summed E-state index contributed by atoms with van der Waals surface area (Å²) in [6.45, 7) is 10.7. The lowest BCUT2D eigenvalue weighted by atomic mass is 9.63. The van der Waals surface area contributed by atoms with Gasteiger partial charge >= 0.3 is 12.0 Å². The Bertz CT molecular complexity index is 388. The first kappa shape index (κ1) is 17.8. The molecule has 2 amide bonds. The standard InChI is InChI=1S/C16H30N2O3/c1-7-12(13(19)20)18(6)14(21)17-11-8-15(2,3)10-16(4,5)9-11/h11-12H,7-10H2,1-6H3,(H,17,21)(H,19,20). The minimum Gasteiger partial charge on any atom is -0.480 e. The summed E-state index contributed by atoms with van der Waals surface area (Å²) in [6.07, 6.45) is 3.40. The number of carboxylic acid groups (broad SMARTS) is 1. The Balaban J connectivity index is 2.71. The van der Waals surface area contributed by atoms with Crippen molar-refractivity contribution in [3.63, 3.8) is 0 Å². The minimum atomic E-state index is -0.959. The molecule has 1 atom stereocenters. The second-order valence-corrected chi connectivity index (χ2v) is 7.93. The molecule has 0 aromatic heterocycles. The number of hydrogen-bond donors (Lipinski definition) is 2. The molecule has 0 heterocycles. The van der Waals surface area contributed by atoms with E-state index >= 15 is 0 Å². The van der Waals surface area contributed by atoms with Gasteiger partial charge in [0.1, 0.15) is 6.04 Å². The van der Waals surface area contributed by atoms with E-state index in [2.05, 4.69) is 33.0 Å². The van der Waals surface area contributed by atoms with Gasteiger partial charge in [-0.1, -0.05) is 34.6 Å². The van der Waals surface area contributed by atoms with E-state index in [4.69, 9.17) is 5.11 Å². The lowest BCUT2D eigenvalue weighted by Gasteiger charge is -2.45. The van der Waals surface area contributed by atoms with Crippen molar-refractivity contribution in [1.29, 1.82) is 0 Å². The van der Waals surface area contributed by atoms with E-state index in [1.54, 1.807) is 14.0 Å². The van der Waals surface area contributed by atoms with E-state index in [-0.39, 0.29) is 22.9 Å². The summed E-state index contributed by atoms with van der Waals surface area (Å²) in [5.41, 5.74) is 0.379. The van der Waals surface area contributed by atoms with Crippen LogP contribution in [0.25, 0.3) is 0 Å². The van der Waals surface area contributed by atoms with Gasteiger partial charge in [-0.2, -0.15) is 0 Å². The average Bonchev–Trinajstić information content (AvgIpc) is 2.24. The van der Waals surface area contributed by atoms with Crippen LogP contribution in [0.2, 0.25) is 0 Å². The summed E-state index contributed by atoms with van der Waals surface area (Å²) in [5, 5.41) is 12.2. The van der Waals surface area contributed by atoms with Gasteiger partial charge in [-0.05, 0) is 36.5 Å². The van der Waals surface area contributed by atoms with Crippen LogP contribution >= 0.6 is 0 Å². The van der Waals surface area contributed by atoms with Crippen molar-refractivity contribution in [2.24, 2.45) is 10.8 Å². The molecule has 1 unspecified atom stereocenters. The molecule has 1 aliphatic rings. The summed E-state index contributed by atoms with van der Waals surface area (Å²) >= 11 is 0. The summed E-state index contributed by atoms with van der Waals surface area (Å²) in [6, 6.07) is -0.956. The lowest BCUT2D eigenvalue weighted by Crippen LogP contribution is -2.52. The van der Waals surface area contributed by atoms with Crippen molar-refractivity contribution >= 4 is 12.0 Å². The molecule has 1 fully saturated rings. The third-order valence-electron chi connectivity index (χ3n) is 4.34. The van der Waals surface area contributed by atoms with Crippen LogP contribution in [0.3, 0.4) is 0 Å². The molecule has 0 aliphatic heterocycles. The second-order valence-electron chi connectivity index (χ2n) is 7.93. The van der Waals surface area contributed by atoms with Crippen LogP contribution in [0, 0.1) is 10.8 Å². The highest BCUT2D eigenvalue weighted by molar-refractivity contribution is 5.82. The molecule has 0 spiro atoms. The van der Waals surface area contributed by atoms with E-state index in [0.29, 0.717) is 6.42 Å². The van der Waals surface area contributed by atoms with Crippen molar-refractivity contribution in [1.82, 2.24) is 10.2 Å². The molecule has 0 aromatic carbocycles. The molecule has 5 heteroatoms. The normalized spacial score (nSPS) is 22.4. The Labute approximate surface area is 128 Å². The van der Waals surface area contributed by atoms with Gasteiger partial charge in [0.2, 0.25) is 0 Å². The maximum atomic E-state index is 12.3. The molecule has 21 heavy (non-hydrogen) atoms. The number of rotatable bonds is 4. The maximum absolute atomic E-state index is 12.3. The number of likely N-dealkylation sites (N-methyl/N-ethyl adjacent to an activating group) is 1. The number of amides is 2. The van der Waals surface area contributed by atoms with Crippen molar-refractivity contribution in [2.75, 3.05) is 7.05 Å². The molecule has 0 saturated heterocycles. The fourth-order valence-corrected chi connectivity index (χ4v) is 3.98. The Morgan fingerprint density at radius 3 is 2.10 bits per heavy atom. The van der Waals surface area contributed by atoms with Crippen molar-refractivity contribution in [3.8, 4) is 0 Å². The first-order valence-electron chi connectivity index (χ1n) is 7.73. The third kappa shape index (κ3) is 4.90. The van der Waals surface area contributed by atoms with Gasteiger partial charge in [0, 0.05) is 13.1 Å². The molecular formula is C16H30N2O3. The quantitative estimate of drug-likeness (QED) is 0.838. The summed E-state index contributed by atoms with van der Waals surface area (Å²) < 4.78 is 0. The molecule has 2 N–H and O–H groups in total. The van der Waals surface area contributed by atoms with E-state index < -0.39 is 12.0 Å². The summed E-state index contributed by atoms with van der Waals surface area (Å²) in [4.78, 5) is 24.7. The SMILES string of the molecule is CCC(C(=O)O)N(C)C(=O)NC1CC(C)(C)CC(C)(C)C1. The maximum Gasteiger partial charge on any atom is 0.326 e. The van der Waals surface area contributed by atoms with Crippen LogP contribution < -0.4 is 5.32 Å². The van der Waals surface area contributed by atoms with Crippen LogP contribution in [0.4, 0.5) is 4.79 Å². The van der Waals surface area contributed by atoms with Crippen LogP contribution in [-0.4, -0.2) is 41.1 Å². The average molecular weight is 298 g/mol. The Morgan fingerprint density at radius 2 is 1.71 bits per heavy atom. The smallest absolute Gasteiger partial charge is 0.326 e. The zero-order chi connectivity index (χ0) is 16.4. The van der Waals surface area contributed by atoms with E-state index in [1.807, 2.05) is 0 Å². The van der Waals surface area contributed by atoms with E-state index in [1.165, 1.54) is 4.90 Å². The molecule has 122 valence electrons. The topological polar surface area (TPSA) is 69.6 Å². The molecule has 1 aliphatic carbocycles. The molecule has 0 bridgehead atoms. The fourth-order valence-electron chi connectivity index (χ4n) is 3.98. The zero-order valence-electron chi connectivity index (χ0n) is 14.2. The first-order chi connectivity index (χ1) is 9.47. The first-order valence-corrected chi connectivity index (χ1v) is 7.73. The summed E-state index contributed by atoms with van der Waals surface area (Å²) in [7, 11) is 1.55. The molecule has 5 nitrogen and oxygen atoms in total. The van der Waals surface area contributed by atoms with Gasteiger partial charge in [0.05, 0.1) is 0 Å². The predicted octanol–water partition coefficient (Wildman–Crippen LogP) is 3.10. The monoisotopic (exact) mass is 298 g/mol. The van der Waals surface area contributed by atoms with E-state index in [0.717, 1.165) is 19.3 Å². The molecule has 0 radical (unpaired) electrons. The number of carbonyl (C=O) groups excluding carboxylic acids is 1. The van der Waals surface area contributed by atoms with Crippen molar-refractivity contribution in [2.45, 2.75) is 72.4 Å². The Morgan fingerprint density at radius 1 is 1.24 bits per heavy atom. The molecular weight excluding hydrogens is 268 g/mol. The fraction of sp³-hybridized carbons (Fsp3) is 0.875. The number of urea groups is 1. The number of hydrogen-bond acceptors (Lipinski definition) is 2. The number of carboxylic acids is 1. The number of carbonyl (C=O) groups is 2. The van der Waals surface area contributed by atoms with Gasteiger partial charge in [-0.15, -0.1) is 0 Å². The second kappa shape index (κ2) is 6.24. The highest BCUT2D eigenvalue weighted by Gasteiger charge is 2.39. The van der Waals surface area contributed by atoms with Crippen molar-refractivity contribution in [3.05, 3.63) is 0 Å². The highest BCUT2D eigenvalue weighted by atomic mass is 16.4. The molecule has 1 saturated carbocycles. The largest absolute Gasteiger partial charge is 0.480 e. The molecule has 1 rings (SSSR count). The van der Waals surface area contributed by atoms with Gasteiger partial charge in [-0.25, -0.2) is 9.59 Å². The number of nitrogens with zero attached hydrogens (tertiary/aromatic N) is 1. The highest BCUT2D eigenvalue weighted by Crippen LogP contribution is 2.45. The zero-order valence-corrected chi connectivity index (χ0v) is 14.2. The van der Waals surface area contributed by atoms with Crippen LogP contribution in [-0.2, 0) is 4.79 Å². The Kier molecular flexibility index (Phi) is 5.29. The van der Waals surface area contributed by atoms with Crippen molar-refractivity contribution < 1.29 is 14.7 Å².